The summed E-state index contributed by atoms with van der Waals surface area (Å²) in [7, 11) is 3.36. The van der Waals surface area contributed by atoms with E-state index < -0.39 is 0 Å². The molecule has 30 heavy (non-hydrogen) atoms. The van der Waals surface area contributed by atoms with Gasteiger partial charge >= 0.3 is 0 Å². The Kier molecular flexibility index (Phi) is 7.96. The van der Waals surface area contributed by atoms with Gasteiger partial charge < -0.3 is 14.8 Å². The maximum Gasteiger partial charge on any atom is 0.237 e. The van der Waals surface area contributed by atoms with Crippen LogP contribution in [-0.2, 0) is 17.9 Å². The van der Waals surface area contributed by atoms with Gasteiger partial charge in [0.05, 0.1) is 20.3 Å². The minimum Gasteiger partial charge on any atom is -0.497 e. The number of ether oxygens (including phenoxy) is 2. The average Bonchev–Trinajstić information content (AvgIpc) is 2.78. The monoisotopic (exact) mass is 431 g/mol. The second kappa shape index (κ2) is 10.7. The van der Waals surface area contributed by atoms with E-state index >= 15 is 0 Å². The molecule has 0 aliphatic carbocycles. The zero-order valence-corrected chi connectivity index (χ0v) is 18.6. The summed E-state index contributed by atoms with van der Waals surface area (Å²) in [6.07, 6.45) is 0. The summed E-state index contributed by atoms with van der Waals surface area (Å²) >= 11 is 6.18. The van der Waals surface area contributed by atoms with Crippen LogP contribution < -0.4 is 14.8 Å². The van der Waals surface area contributed by atoms with Gasteiger partial charge in [0, 0.05) is 49.9 Å². The van der Waals surface area contributed by atoms with E-state index in [0.29, 0.717) is 11.6 Å². The Morgan fingerprint density at radius 2 is 1.80 bits per heavy atom. The fourth-order valence-electron chi connectivity index (χ4n) is 3.69. The lowest BCUT2D eigenvalue weighted by molar-refractivity contribution is -0.126. The third kappa shape index (κ3) is 5.65. The van der Waals surface area contributed by atoms with Gasteiger partial charge in [-0.25, -0.2) is 0 Å². The van der Waals surface area contributed by atoms with Gasteiger partial charge in [0.25, 0.3) is 0 Å². The summed E-state index contributed by atoms with van der Waals surface area (Å²) < 4.78 is 10.8. The van der Waals surface area contributed by atoms with Crippen molar-refractivity contribution >= 4 is 17.5 Å². The first-order chi connectivity index (χ1) is 14.5. The minimum atomic E-state index is -0.180. The maximum absolute atomic E-state index is 12.6. The van der Waals surface area contributed by atoms with Gasteiger partial charge in [-0.2, -0.15) is 0 Å². The summed E-state index contributed by atoms with van der Waals surface area (Å²) in [6, 6.07) is 13.3. The van der Waals surface area contributed by atoms with Crippen LogP contribution >= 0.6 is 11.6 Å². The number of piperazine rings is 1. The molecule has 0 spiro atoms. The number of hydrogen-bond acceptors (Lipinski definition) is 5. The van der Waals surface area contributed by atoms with Gasteiger partial charge in [0.1, 0.15) is 11.5 Å². The molecule has 0 radical (unpaired) electrons. The lowest BCUT2D eigenvalue weighted by atomic mass is 10.1. The minimum absolute atomic E-state index is 0.0258. The molecule has 1 unspecified atom stereocenters. The molecule has 1 heterocycles. The van der Waals surface area contributed by atoms with Crippen molar-refractivity contribution in [1.29, 1.82) is 0 Å². The van der Waals surface area contributed by atoms with E-state index in [-0.39, 0.29) is 11.9 Å². The molecule has 1 aliphatic rings. The highest BCUT2D eigenvalue weighted by Gasteiger charge is 2.26. The summed E-state index contributed by atoms with van der Waals surface area (Å²) in [5.74, 6) is 1.72. The molecule has 1 aliphatic heterocycles. The molecular formula is C23H30ClN3O3. The molecule has 1 atom stereocenters. The van der Waals surface area contributed by atoms with Crippen molar-refractivity contribution in [3.8, 4) is 11.5 Å². The Balaban J connectivity index is 1.50. The Labute approximate surface area is 183 Å². The Hall–Kier alpha value is -2.28. The van der Waals surface area contributed by atoms with E-state index in [0.717, 1.165) is 55.3 Å². The largest absolute Gasteiger partial charge is 0.497 e. The summed E-state index contributed by atoms with van der Waals surface area (Å²) in [5, 5.41) is 3.68. The number of carbonyl (C=O) groups is 1. The molecule has 2 aromatic carbocycles. The number of methoxy groups -OCH3 is 2. The second-order valence-electron chi connectivity index (χ2n) is 7.48. The zero-order chi connectivity index (χ0) is 21.5. The smallest absolute Gasteiger partial charge is 0.237 e. The number of nitrogens with zero attached hydrogens (tertiary/aromatic N) is 2. The Bertz CT molecular complexity index is 853. The molecule has 2 aromatic rings. The van der Waals surface area contributed by atoms with Gasteiger partial charge in [-0.3, -0.25) is 14.6 Å². The molecule has 1 N–H and O–H groups in total. The predicted octanol–water partition coefficient (Wildman–Crippen LogP) is 3.18. The van der Waals surface area contributed by atoms with Gasteiger partial charge in [0.2, 0.25) is 5.91 Å². The Morgan fingerprint density at radius 1 is 1.07 bits per heavy atom. The second-order valence-corrected chi connectivity index (χ2v) is 7.88. The van der Waals surface area contributed by atoms with Crippen LogP contribution in [0.15, 0.2) is 42.5 Å². The van der Waals surface area contributed by atoms with Crippen LogP contribution in [0.3, 0.4) is 0 Å². The summed E-state index contributed by atoms with van der Waals surface area (Å²) in [4.78, 5) is 17.2. The van der Waals surface area contributed by atoms with E-state index in [1.54, 1.807) is 14.2 Å². The standard InChI is InChI=1S/C23H30ClN3O3/c1-17(23(28)25-15-18-6-4-5-7-21(18)24)27-12-10-26(11-13-27)16-19-14-20(29-2)8-9-22(19)30-3/h4-9,14,17H,10-13,15-16H2,1-3H3,(H,25,28). The van der Waals surface area contributed by atoms with Crippen LogP contribution in [0.1, 0.15) is 18.1 Å². The number of hydrogen-bond donors (Lipinski definition) is 1. The van der Waals surface area contributed by atoms with Gasteiger partial charge in [-0.15, -0.1) is 0 Å². The van der Waals surface area contributed by atoms with Crippen LogP contribution in [0.2, 0.25) is 5.02 Å². The van der Waals surface area contributed by atoms with Crippen molar-refractivity contribution in [2.24, 2.45) is 0 Å². The molecule has 7 heteroatoms. The molecule has 3 rings (SSSR count). The van der Waals surface area contributed by atoms with Crippen molar-refractivity contribution in [2.75, 3.05) is 40.4 Å². The maximum atomic E-state index is 12.6. The van der Waals surface area contributed by atoms with E-state index in [1.807, 2.05) is 49.4 Å². The number of benzene rings is 2. The summed E-state index contributed by atoms with van der Waals surface area (Å²) in [5.41, 5.74) is 2.03. The quantitative estimate of drug-likeness (QED) is 0.695. The SMILES string of the molecule is COc1ccc(OC)c(CN2CCN(C(C)C(=O)NCc3ccccc3Cl)CC2)c1. The van der Waals surface area contributed by atoms with Gasteiger partial charge in [-0.1, -0.05) is 29.8 Å². The number of carbonyl (C=O) groups excluding carboxylic acids is 1. The first-order valence-corrected chi connectivity index (χ1v) is 10.6. The van der Waals surface area contributed by atoms with Gasteiger partial charge in [-0.05, 0) is 36.8 Å². The number of nitrogens with one attached hydrogen (secondary N) is 1. The van der Waals surface area contributed by atoms with Crippen molar-refractivity contribution in [3.05, 3.63) is 58.6 Å². The molecule has 0 saturated carbocycles. The molecule has 1 saturated heterocycles. The molecular weight excluding hydrogens is 402 g/mol. The first-order valence-electron chi connectivity index (χ1n) is 10.2. The average molecular weight is 432 g/mol. The predicted molar refractivity (Wildman–Crippen MR) is 119 cm³/mol. The number of amides is 1. The highest BCUT2D eigenvalue weighted by molar-refractivity contribution is 6.31. The lowest BCUT2D eigenvalue weighted by Gasteiger charge is -2.37. The van der Waals surface area contributed by atoms with E-state index in [1.165, 1.54) is 0 Å². The van der Waals surface area contributed by atoms with Crippen LogP contribution in [0.25, 0.3) is 0 Å². The highest BCUT2D eigenvalue weighted by Crippen LogP contribution is 2.25. The van der Waals surface area contributed by atoms with Crippen LogP contribution in [0, 0.1) is 0 Å². The fourth-order valence-corrected chi connectivity index (χ4v) is 3.90. The third-order valence-electron chi connectivity index (χ3n) is 5.63. The third-order valence-corrected chi connectivity index (χ3v) is 6.00. The molecule has 0 bridgehead atoms. The molecule has 6 nitrogen and oxygen atoms in total. The van der Waals surface area contributed by atoms with Crippen molar-refractivity contribution in [1.82, 2.24) is 15.1 Å². The van der Waals surface area contributed by atoms with Gasteiger partial charge in [0.15, 0.2) is 0 Å². The van der Waals surface area contributed by atoms with Crippen LogP contribution in [-0.4, -0.2) is 62.1 Å². The van der Waals surface area contributed by atoms with E-state index in [2.05, 4.69) is 15.1 Å². The van der Waals surface area contributed by atoms with E-state index in [9.17, 15) is 4.79 Å². The van der Waals surface area contributed by atoms with Crippen LogP contribution in [0.4, 0.5) is 0 Å². The lowest BCUT2D eigenvalue weighted by Crippen LogP contribution is -2.53. The molecule has 1 fully saturated rings. The first kappa shape index (κ1) is 22.4. The topological polar surface area (TPSA) is 54.0 Å². The van der Waals surface area contributed by atoms with E-state index in [4.69, 9.17) is 21.1 Å². The normalized spacial score (nSPS) is 16.1. The van der Waals surface area contributed by atoms with Crippen molar-refractivity contribution in [2.45, 2.75) is 26.1 Å². The zero-order valence-electron chi connectivity index (χ0n) is 17.9. The molecule has 162 valence electrons. The number of halogens is 1. The molecule has 1 amide bonds. The summed E-state index contributed by atoms with van der Waals surface area (Å²) in [6.45, 7) is 6.66. The Morgan fingerprint density at radius 3 is 2.47 bits per heavy atom. The fraction of sp³-hybridized carbons (Fsp3) is 0.435. The number of rotatable bonds is 8. The molecule has 0 aromatic heterocycles. The van der Waals surface area contributed by atoms with Crippen LogP contribution in [0.5, 0.6) is 11.5 Å². The van der Waals surface area contributed by atoms with Crippen molar-refractivity contribution < 1.29 is 14.3 Å². The highest BCUT2D eigenvalue weighted by atomic mass is 35.5. The van der Waals surface area contributed by atoms with Crippen molar-refractivity contribution in [3.63, 3.8) is 0 Å².